The minimum atomic E-state index is 0. The molecule has 40 heavy (non-hydrogen) atoms. The maximum atomic E-state index is 4.52. The van der Waals surface area contributed by atoms with E-state index in [2.05, 4.69) is 148 Å². The fraction of sp³-hybridized carbons (Fsp3) is 0.250. The molecule has 0 N–H and O–H groups in total. The summed E-state index contributed by atoms with van der Waals surface area (Å²) in [6.07, 6.45) is 2.25. The van der Waals surface area contributed by atoms with Crippen LogP contribution in [-0.2, 0) is 22.4 Å². The third-order valence-corrected chi connectivity index (χ3v) is 7.35. The standard InChI is InChI=1S/C24H30N2.C12H8N.Au/c1-16-12-19(4)22(20(5)13-16)25-14-21(24(6,7)8)26(15-25)23-17(2)10-9-11-18(23)3;1-3-7-11-9(5-1)10-6-2-4-8-12(10)13-11;/h9-14H,1-8H3;1-8H;/q+2;-1;+1. The predicted molar refractivity (Wildman–Crippen MR) is 164 cm³/mol. The average Bonchev–Trinajstić information content (AvgIpc) is 3.46. The molecule has 0 saturated carbocycles. The second-order valence-corrected chi connectivity index (χ2v) is 11.7. The molecular weight excluding hydrogens is 671 g/mol. The Labute approximate surface area is 254 Å². The number of benzene rings is 4. The minimum Gasteiger partial charge on any atom is -0.657 e. The third-order valence-electron chi connectivity index (χ3n) is 7.35. The second-order valence-electron chi connectivity index (χ2n) is 11.7. The molecule has 0 bridgehead atoms. The van der Waals surface area contributed by atoms with Gasteiger partial charge in [0.15, 0.2) is 0 Å². The fourth-order valence-corrected chi connectivity index (χ4v) is 5.62. The molecular formula is C36H38AuN3+2. The first kappa shape index (κ1) is 29.5. The second kappa shape index (κ2) is 11.6. The van der Waals surface area contributed by atoms with Crippen LogP contribution < -0.4 is 4.98 Å². The predicted octanol–water partition coefficient (Wildman–Crippen LogP) is 9.24. The number of rotatable bonds is 2. The van der Waals surface area contributed by atoms with Gasteiger partial charge in [-0.3, -0.25) is 0 Å². The molecule has 206 valence electrons. The smallest absolute Gasteiger partial charge is 0.657 e. The first-order valence-corrected chi connectivity index (χ1v) is 13.7. The monoisotopic (exact) mass is 709 g/mol. The SMILES string of the molecule is Cc1cc(C)c([N+]2=C=[N+](c3c(C)cccc3C)C(C(C)(C)C)=C2)c(C)c1.[Au+].c1ccc2c(c1)[n-]c1ccccc12. The number of allylic oxidation sites excluding steroid dienone is 1. The Morgan fingerprint density at radius 1 is 0.625 bits per heavy atom. The van der Waals surface area contributed by atoms with E-state index in [1.165, 1.54) is 55.7 Å². The van der Waals surface area contributed by atoms with Crippen molar-refractivity contribution in [3.63, 3.8) is 0 Å². The van der Waals surface area contributed by atoms with Gasteiger partial charge in [-0.2, -0.15) is 0 Å². The molecule has 0 fully saturated rings. The Kier molecular flexibility index (Phi) is 8.54. The van der Waals surface area contributed by atoms with Crippen LogP contribution in [0.5, 0.6) is 0 Å². The Balaban J connectivity index is 0.000000220. The van der Waals surface area contributed by atoms with Crippen molar-refractivity contribution in [3.8, 4) is 0 Å². The molecule has 0 atom stereocenters. The van der Waals surface area contributed by atoms with Gasteiger partial charge in [-0.25, -0.2) is 0 Å². The van der Waals surface area contributed by atoms with Gasteiger partial charge in [0.25, 0.3) is 11.9 Å². The summed E-state index contributed by atoms with van der Waals surface area (Å²) in [6, 6.07) is 31.1. The topological polar surface area (TPSA) is 20.1 Å². The van der Waals surface area contributed by atoms with Crippen molar-refractivity contribution in [2.45, 2.75) is 55.4 Å². The zero-order valence-corrected chi connectivity index (χ0v) is 26.9. The molecule has 0 spiro atoms. The van der Waals surface area contributed by atoms with Crippen LogP contribution in [-0.4, -0.2) is 15.2 Å². The number of fused-ring (bicyclic) bond motifs is 3. The third kappa shape index (κ3) is 5.70. The van der Waals surface area contributed by atoms with E-state index in [-0.39, 0.29) is 27.8 Å². The molecule has 1 aromatic heterocycles. The summed E-state index contributed by atoms with van der Waals surface area (Å²) in [5, 5.41) is 2.50. The zero-order valence-electron chi connectivity index (χ0n) is 24.7. The summed E-state index contributed by atoms with van der Waals surface area (Å²) in [4.78, 5) is 4.52. The van der Waals surface area contributed by atoms with Crippen molar-refractivity contribution in [2.24, 2.45) is 5.41 Å². The van der Waals surface area contributed by atoms with Gasteiger partial charge in [0.1, 0.15) is 0 Å². The van der Waals surface area contributed by atoms with Crippen molar-refractivity contribution in [3.05, 3.63) is 119 Å². The van der Waals surface area contributed by atoms with Gasteiger partial charge in [-0.1, -0.05) is 81.4 Å². The zero-order chi connectivity index (χ0) is 27.9. The van der Waals surface area contributed by atoms with Gasteiger partial charge in [-0.05, 0) is 78.3 Å². The average molecular weight is 710 g/mol. The summed E-state index contributed by atoms with van der Waals surface area (Å²) < 4.78 is 4.43. The van der Waals surface area contributed by atoms with Gasteiger partial charge in [0, 0.05) is 22.3 Å². The molecule has 5 aromatic rings. The van der Waals surface area contributed by atoms with Crippen LogP contribution in [0.2, 0.25) is 0 Å². The molecule has 0 saturated heterocycles. The summed E-state index contributed by atoms with van der Waals surface area (Å²) in [5.74, 6) is 0. The molecule has 6 rings (SSSR count). The largest absolute Gasteiger partial charge is 1.00 e. The van der Waals surface area contributed by atoms with Crippen LogP contribution in [0.1, 0.15) is 48.6 Å². The van der Waals surface area contributed by atoms with E-state index in [1.807, 2.05) is 12.1 Å². The van der Waals surface area contributed by atoms with E-state index in [4.69, 9.17) is 0 Å². The van der Waals surface area contributed by atoms with Gasteiger partial charge in [-0.15, -0.1) is 11.0 Å². The maximum absolute atomic E-state index is 4.52. The Morgan fingerprint density at radius 2 is 1.12 bits per heavy atom. The first-order valence-electron chi connectivity index (χ1n) is 13.7. The first-order chi connectivity index (χ1) is 18.5. The molecule has 1 aliphatic rings. The minimum absolute atomic E-state index is 0. The van der Waals surface area contributed by atoms with E-state index in [9.17, 15) is 0 Å². The van der Waals surface area contributed by atoms with Gasteiger partial charge < -0.3 is 4.98 Å². The number of aryl methyl sites for hydroxylation is 5. The molecule has 0 amide bonds. The van der Waals surface area contributed by atoms with Crippen molar-refractivity contribution in [1.29, 1.82) is 0 Å². The number of aromatic nitrogens is 1. The summed E-state index contributed by atoms with van der Waals surface area (Å²) in [6.45, 7) is 17.7. The summed E-state index contributed by atoms with van der Waals surface area (Å²) in [5.41, 5.74) is 12.3. The van der Waals surface area contributed by atoms with Gasteiger partial charge in [0.2, 0.25) is 11.4 Å². The van der Waals surface area contributed by atoms with Crippen molar-refractivity contribution in [2.75, 3.05) is 0 Å². The normalized spacial score (nSPS) is 12.8. The van der Waals surface area contributed by atoms with E-state index in [1.54, 1.807) is 0 Å². The molecule has 4 heteroatoms. The Hall–Kier alpha value is -3.46. The number of para-hydroxylation sites is 3. The van der Waals surface area contributed by atoms with Crippen LogP contribution >= 0.6 is 0 Å². The summed E-state index contributed by atoms with van der Waals surface area (Å²) >= 11 is 0. The molecule has 4 aromatic carbocycles. The number of hydrogen-bond acceptors (Lipinski definition) is 0. The molecule has 2 heterocycles. The van der Waals surface area contributed by atoms with Crippen LogP contribution in [0, 0.1) is 40.0 Å². The maximum Gasteiger partial charge on any atom is 1.00 e. The van der Waals surface area contributed by atoms with Crippen LogP contribution in [0.4, 0.5) is 11.4 Å². The van der Waals surface area contributed by atoms with E-state index >= 15 is 0 Å². The van der Waals surface area contributed by atoms with Crippen molar-refractivity contribution < 1.29 is 31.5 Å². The molecule has 1 aliphatic heterocycles. The quantitative estimate of drug-likeness (QED) is 0.132. The molecule has 3 nitrogen and oxygen atoms in total. The van der Waals surface area contributed by atoms with Crippen LogP contribution in [0.3, 0.4) is 0 Å². The van der Waals surface area contributed by atoms with Crippen molar-refractivity contribution >= 4 is 39.2 Å². The Bertz CT molecular complexity index is 1730. The van der Waals surface area contributed by atoms with E-state index < -0.39 is 0 Å². The van der Waals surface area contributed by atoms with Crippen LogP contribution in [0.25, 0.3) is 21.8 Å². The van der Waals surface area contributed by atoms with Gasteiger partial charge >= 0.3 is 28.4 Å². The van der Waals surface area contributed by atoms with Crippen molar-refractivity contribution in [1.82, 2.24) is 4.98 Å². The molecule has 0 unspecified atom stereocenters. The van der Waals surface area contributed by atoms with Crippen LogP contribution in [0.15, 0.2) is 90.8 Å². The molecule has 0 aliphatic carbocycles. The molecule has 0 radical (unpaired) electrons. The Morgan fingerprint density at radius 3 is 1.62 bits per heavy atom. The van der Waals surface area contributed by atoms with Gasteiger partial charge in [0.05, 0.1) is 5.41 Å². The van der Waals surface area contributed by atoms with E-state index in [0.717, 1.165) is 11.0 Å². The summed E-state index contributed by atoms with van der Waals surface area (Å²) in [7, 11) is 0. The number of hydrogen-bond donors (Lipinski definition) is 0. The number of nitrogens with zero attached hydrogens (tertiary/aromatic N) is 3. The fourth-order valence-electron chi connectivity index (χ4n) is 5.62. The van der Waals surface area contributed by atoms with E-state index in [0.29, 0.717) is 0 Å².